The Bertz CT molecular complexity index is 728. The zero-order valence-electron chi connectivity index (χ0n) is 17.6. The van der Waals surface area contributed by atoms with E-state index in [1.807, 2.05) is 11.9 Å². The lowest BCUT2D eigenvalue weighted by atomic mass is 9.93. The summed E-state index contributed by atoms with van der Waals surface area (Å²) < 4.78 is 0. The average Bonchev–Trinajstić information content (AvgIpc) is 3.11. The minimum absolute atomic E-state index is 0.0647. The first kappa shape index (κ1) is 19.5. The molecule has 1 saturated heterocycles. The molecule has 2 amide bonds. The number of carbonyl (C=O) groups excluding carboxylic acids is 2. The highest BCUT2D eigenvalue weighted by molar-refractivity contribution is 5.81. The SMILES string of the molecule is CCC(Cc1ccccc1C)C(=O)N1C[C@@H]2C(N(C)C(=O)C3CCCC3)[C@@H]2C1. The highest BCUT2D eigenvalue weighted by Crippen LogP contribution is 2.49. The van der Waals surface area contributed by atoms with Crippen molar-refractivity contribution in [1.29, 1.82) is 0 Å². The number of benzene rings is 1. The molecular weight excluding hydrogens is 348 g/mol. The van der Waals surface area contributed by atoms with Crippen molar-refractivity contribution in [2.24, 2.45) is 23.7 Å². The van der Waals surface area contributed by atoms with E-state index >= 15 is 0 Å². The zero-order valence-corrected chi connectivity index (χ0v) is 17.6. The quantitative estimate of drug-likeness (QED) is 0.753. The molecule has 0 aromatic heterocycles. The summed E-state index contributed by atoms with van der Waals surface area (Å²) >= 11 is 0. The Balaban J connectivity index is 1.32. The molecule has 28 heavy (non-hydrogen) atoms. The van der Waals surface area contributed by atoms with Crippen LogP contribution in [0.1, 0.15) is 50.2 Å². The van der Waals surface area contributed by atoms with Gasteiger partial charge in [0.25, 0.3) is 0 Å². The molecule has 1 heterocycles. The average molecular weight is 383 g/mol. The maximum Gasteiger partial charge on any atom is 0.226 e. The first-order valence-corrected chi connectivity index (χ1v) is 11.1. The summed E-state index contributed by atoms with van der Waals surface area (Å²) in [4.78, 5) is 29.9. The van der Waals surface area contributed by atoms with Crippen LogP contribution in [0.5, 0.6) is 0 Å². The second-order valence-corrected chi connectivity index (χ2v) is 9.23. The Morgan fingerprint density at radius 3 is 2.39 bits per heavy atom. The minimum Gasteiger partial charge on any atom is -0.342 e. The molecule has 2 saturated carbocycles. The molecule has 4 heteroatoms. The molecule has 1 aromatic rings. The lowest BCUT2D eigenvalue weighted by Crippen LogP contribution is -2.42. The van der Waals surface area contributed by atoms with Crippen molar-refractivity contribution in [3.8, 4) is 0 Å². The Morgan fingerprint density at radius 2 is 1.79 bits per heavy atom. The molecule has 0 bridgehead atoms. The van der Waals surface area contributed by atoms with Gasteiger partial charge in [0.05, 0.1) is 0 Å². The summed E-state index contributed by atoms with van der Waals surface area (Å²) in [7, 11) is 1.99. The summed E-state index contributed by atoms with van der Waals surface area (Å²) in [5.41, 5.74) is 2.55. The molecule has 1 aromatic carbocycles. The fraction of sp³-hybridized carbons (Fsp3) is 0.667. The Hall–Kier alpha value is -1.84. The fourth-order valence-corrected chi connectivity index (χ4v) is 5.63. The van der Waals surface area contributed by atoms with Crippen LogP contribution >= 0.6 is 0 Å². The molecule has 0 N–H and O–H groups in total. The molecule has 2 unspecified atom stereocenters. The number of fused-ring (bicyclic) bond motifs is 1. The molecule has 1 aliphatic heterocycles. The molecule has 2 aliphatic carbocycles. The maximum absolute atomic E-state index is 13.1. The van der Waals surface area contributed by atoms with Gasteiger partial charge in [-0.15, -0.1) is 0 Å². The zero-order chi connectivity index (χ0) is 19.8. The fourth-order valence-electron chi connectivity index (χ4n) is 5.63. The third-order valence-electron chi connectivity index (χ3n) is 7.53. The van der Waals surface area contributed by atoms with Crippen LogP contribution in [-0.2, 0) is 16.0 Å². The van der Waals surface area contributed by atoms with Crippen molar-refractivity contribution in [2.45, 2.75) is 58.4 Å². The molecule has 0 spiro atoms. The van der Waals surface area contributed by atoms with Gasteiger partial charge in [-0.05, 0) is 43.7 Å². The number of amides is 2. The van der Waals surface area contributed by atoms with Gasteiger partial charge in [0, 0.05) is 49.9 Å². The summed E-state index contributed by atoms with van der Waals surface area (Å²) in [6.07, 6.45) is 6.23. The Morgan fingerprint density at radius 1 is 1.14 bits per heavy atom. The summed E-state index contributed by atoms with van der Waals surface area (Å²) in [5.74, 6) is 1.96. The van der Waals surface area contributed by atoms with Gasteiger partial charge in [0.1, 0.15) is 0 Å². The van der Waals surface area contributed by atoms with E-state index in [-0.39, 0.29) is 11.8 Å². The van der Waals surface area contributed by atoms with Gasteiger partial charge in [-0.3, -0.25) is 9.59 Å². The van der Waals surface area contributed by atoms with Crippen LogP contribution < -0.4 is 0 Å². The van der Waals surface area contributed by atoms with Crippen LogP contribution in [-0.4, -0.2) is 47.8 Å². The van der Waals surface area contributed by atoms with E-state index in [9.17, 15) is 9.59 Å². The second-order valence-electron chi connectivity index (χ2n) is 9.23. The van der Waals surface area contributed by atoms with E-state index in [0.29, 0.717) is 29.7 Å². The number of rotatable bonds is 6. The van der Waals surface area contributed by atoms with Gasteiger partial charge in [0.2, 0.25) is 11.8 Å². The molecular formula is C24H34N2O2. The highest BCUT2D eigenvalue weighted by atomic mass is 16.2. The minimum atomic E-state index is 0.0647. The van der Waals surface area contributed by atoms with Crippen molar-refractivity contribution < 1.29 is 9.59 Å². The van der Waals surface area contributed by atoms with E-state index in [0.717, 1.165) is 38.8 Å². The van der Waals surface area contributed by atoms with Crippen LogP contribution in [0, 0.1) is 30.6 Å². The molecule has 4 rings (SSSR count). The van der Waals surface area contributed by atoms with Crippen molar-refractivity contribution in [2.75, 3.05) is 20.1 Å². The first-order chi connectivity index (χ1) is 13.5. The van der Waals surface area contributed by atoms with Gasteiger partial charge in [0.15, 0.2) is 0 Å². The topological polar surface area (TPSA) is 40.6 Å². The number of carbonyl (C=O) groups is 2. The third kappa shape index (κ3) is 3.58. The monoisotopic (exact) mass is 382 g/mol. The van der Waals surface area contributed by atoms with Crippen molar-refractivity contribution in [1.82, 2.24) is 9.80 Å². The van der Waals surface area contributed by atoms with E-state index in [1.165, 1.54) is 24.0 Å². The summed E-state index contributed by atoms with van der Waals surface area (Å²) in [6, 6.07) is 8.76. The smallest absolute Gasteiger partial charge is 0.226 e. The number of hydrogen-bond donors (Lipinski definition) is 0. The van der Waals surface area contributed by atoms with Gasteiger partial charge in [-0.2, -0.15) is 0 Å². The van der Waals surface area contributed by atoms with Crippen LogP contribution in [0.4, 0.5) is 0 Å². The van der Waals surface area contributed by atoms with E-state index in [2.05, 4.69) is 43.0 Å². The number of hydrogen-bond acceptors (Lipinski definition) is 2. The Labute approximate surface area is 169 Å². The summed E-state index contributed by atoms with van der Waals surface area (Å²) in [6.45, 7) is 5.91. The number of piperidine rings is 1. The van der Waals surface area contributed by atoms with E-state index in [4.69, 9.17) is 0 Å². The molecule has 3 aliphatic rings. The van der Waals surface area contributed by atoms with Gasteiger partial charge >= 0.3 is 0 Å². The van der Waals surface area contributed by atoms with Crippen molar-refractivity contribution in [3.05, 3.63) is 35.4 Å². The normalized spacial score (nSPS) is 27.5. The number of likely N-dealkylation sites (tertiary alicyclic amines) is 1. The van der Waals surface area contributed by atoms with Crippen LogP contribution in [0.15, 0.2) is 24.3 Å². The number of aryl methyl sites for hydroxylation is 1. The van der Waals surface area contributed by atoms with Gasteiger partial charge < -0.3 is 9.80 Å². The number of nitrogens with zero attached hydrogens (tertiary/aromatic N) is 2. The predicted octanol–water partition coefficient (Wildman–Crippen LogP) is 3.67. The molecule has 0 radical (unpaired) electrons. The van der Waals surface area contributed by atoms with Crippen LogP contribution in [0.3, 0.4) is 0 Å². The van der Waals surface area contributed by atoms with Crippen LogP contribution in [0.25, 0.3) is 0 Å². The van der Waals surface area contributed by atoms with Gasteiger partial charge in [-0.25, -0.2) is 0 Å². The second kappa shape index (κ2) is 7.88. The first-order valence-electron chi connectivity index (χ1n) is 11.1. The molecule has 4 nitrogen and oxygen atoms in total. The lowest BCUT2D eigenvalue weighted by molar-refractivity contribution is -0.136. The van der Waals surface area contributed by atoms with Crippen molar-refractivity contribution in [3.63, 3.8) is 0 Å². The molecule has 3 fully saturated rings. The lowest BCUT2D eigenvalue weighted by Gasteiger charge is -2.28. The molecule has 4 atom stereocenters. The van der Waals surface area contributed by atoms with E-state index < -0.39 is 0 Å². The van der Waals surface area contributed by atoms with Crippen LogP contribution in [0.2, 0.25) is 0 Å². The van der Waals surface area contributed by atoms with Crippen molar-refractivity contribution >= 4 is 11.8 Å². The van der Waals surface area contributed by atoms with E-state index in [1.54, 1.807) is 0 Å². The largest absolute Gasteiger partial charge is 0.342 e. The Kier molecular flexibility index (Phi) is 5.48. The maximum atomic E-state index is 13.1. The highest BCUT2D eigenvalue weighted by Gasteiger charge is 2.60. The third-order valence-corrected chi connectivity index (χ3v) is 7.53. The predicted molar refractivity (Wildman–Crippen MR) is 111 cm³/mol. The summed E-state index contributed by atoms with van der Waals surface area (Å²) in [5, 5.41) is 0. The standard InChI is InChI=1S/C24H34N2O2/c1-4-17(13-19-12-6-5-9-16(19)2)24(28)26-14-20-21(15-26)22(20)25(3)23(27)18-10-7-8-11-18/h5-6,9,12,17-18,20-22H,4,7-8,10-11,13-15H2,1-3H3/t17?,20-,21+,22?. The van der Waals surface area contributed by atoms with Gasteiger partial charge in [-0.1, -0.05) is 44.0 Å². The molecule has 152 valence electrons.